The van der Waals surface area contributed by atoms with Gasteiger partial charge in [-0.05, 0) is 19.4 Å². The van der Waals surface area contributed by atoms with Crippen LogP contribution in [0.4, 0.5) is 5.13 Å². The zero-order valence-corrected chi connectivity index (χ0v) is 11.5. The van der Waals surface area contributed by atoms with Crippen molar-refractivity contribution in [3.63, 3.8) is 0 Å². The highest BCUT2D eigenvalue weighted by molar-refractivity contribution is 7.15. The summed E-state index contributed by atoms with van der Waals surface area (Å²) < 4.78 is 0. The molecule has 1 atom stereocenters. The quantitative estimate of drug-likeness (QED) is 0.871. The van der Waals surface area contributed by atoms with Crippen molar-refractivity contribution in [2.75, 3.05) is 18.5 Å². The highest BCUT2D eigenvalue weighted by Crippen LogP contribution is 2.22. The number of aliphatic hydroxyl groups excluding tert-OH is 1. The van der Waals surface area contributed by atoms with Crippen LogP contribution < -0.4 is 5.32 Å². The number of hydrogen-bond acceptors (Lipinski definition) is 4. The zero-order valence-electron chi connectivity index (χ0n) is 10.7. The van der Waals surface area contributed by atoms with Crippen LogP contribution in [0.5, 0.6) is 0 Å². The van der Waals surface area contributed by atoms with Gasteiger partial charge in [0.1, 0.15) is 0 Å². The maximum Gasteiger partial charge on any atom is 0.183 e. The number of aryl methyl sites for hydroxylation is 2. The highest BCUT2D eigenvalue weighted by atomic mass is 32.1. The monoisotopic (exact) mass is 262 g/mol. The molecule has 0 saturated heterocycles. The Labute approximate surface area is 112 Å². The molecule has 1 aromatic heterocycles. The minimum Gasteiger partial charge on any atom is -0.396 e. The number of hydrogen-bond donors (Lipinski definition) is 2. The smallest absolute Gasteiger partial charge is 0.183 e. The van der Waals surface area contributed by atoms with Gasteiger partial charge in [0.15, 0.2) is 5.13 Å². The number of thiazole rings is 1. The van der Waals surface area contributed by atoms with Crippen LogP contribution in [0.1, 0.15) is 22.1 Å². The van der Waals surface area contributed by atoms with E-state index in [2.05, 4.69) is 17.2 Å². The van der Waals surface area contributed by atoms with Gasteiger partial charge in [-0.3, -0.25) is 0 Å². The normalized spacial score (nSPS) is 12.4. The SMILES string of the molecule is Cc1nc(NCC(CO)c2ccccc2)sc1C. The Morgan fingerprint density at radius 3 is 2.56 bits per heavy atom. The summed E-state index contributed by atoms with van der Waals surface area (Å²) in [6.45, 7) is 4.92. The van der Waals surface area contributed by atoms with Gasteiger partial charge in [0.2, 0.25) is 0 Å². The number of nitrogens with zero attached hydrogens (tertiary/aromatic N) is 1. The van der Waals surface area contributed by atoms with Crippen molar-refractivity contribution < 1.29 is 5.11 Å². The number of rotatable bonds is 5. The Morgan fingerprint density at radius 2 is 2.00 bits per heavy atom. The van der Waals surface area contributed by atoms with Crippen molar-refractivity contribution in [2.24, 2.45) is 0 Å². The lowest BCUT2D eigenvalue weighted by molar-refractivity contribution is 0.270. The molecular formula is C14H18N2OS. The van der Waals surface area contributed by atoms with Crippen LogP contribution >= 0.6 is 11.3 Å². The van der Waals surface area contributed by atoms with Gasteiger partial charge in [0.05, 0.1) is 12.3 Å². The maximum atomic E-state index is 9.46. The molecule has 0 saturated carbocycles. The average molecular weight is 262 g/mol. The molecular weight excluding hydrogens is 244 g/mol. The predicted octanol–water partition coefficient (Wildman–Crippen LogP) is 2.95. The molecule has 4 heteroatoms. The van der Waals surface area contributed by atoms with Crippen LogP contribution in [-0.2, 0) is 0 Å². The molecule has 18 heavy (non-hydrogen) atoms. The second kappa shape index (κ2) is 5.98. The molecule has 2 rings (SSSR count). The van der Waals surface area contributed by atoms with E-state index in [-0.39, 0.29) is 12.5 Å². The summed E-state index contributed by atoms with van der Waals surface area (Å²) in [5, 5.41) is 13.7. The summed E-state index contributed by atoms with van der Waals surface area (Å²) in [5.41, 5.74) is 2.22. The predicted molar refractivity (Wildman–Crippen MR) is 76.3 cm³/mol. The van der Waals surface area contributed by atoms with Crippen LogP contribution in [0.15, 0.2) is 30.3 Å². The van der Waals surface area contributed by atoms with Gasteiger partial charge in [-0.15, -0.1) is 11.3 Å². The minimum absolute atomic E-state index is 0.107. The van der Waals surface area contributed by atoms with Crippen LogP contribution in [0, 0.1) is 13.8 Å². The lowest BCUT2D eigenvalue weighted by Gasteiger charge is -2.14. The van der Waals surface area contributed by atoms with Crippen LogP contribution in [0.25, 0.3) is 0 Å². The van der Waals surface area contributed by atoms with Gasteiger partial charge in [0.25, 0.3) is 0 Å². The summed E-state index contributed by atoms with van der Waals surface area (Å²) in [6, 6.07) is 10.1. The Morgan fingerprint density at radius 1 is 1.28 bits per heavy atom. The number of nitrogens with one attached hydrogen (secondary N) is 1. The first-order valence-electron chi connectivity index (χ1n) is 6.04. The standard InChI is InChI=1S/C14H18N2OS/c1-10-11(2)18-14(16-10)15-8-13(9-17)12-6-4-3-5-7-12/h3-7,13,17H,8-9H2,1-2H3,(H,15,16). The number of benzene rings is 1. The van der Waals surface area contributed by atoms with Gasteiger partial charge < -0.3 is 10.4 Å². The summed E-state index contributed by atoms with van der Waals surface area (Å²) in [4.78, 5) is 5.67. The molecule has 3 nitrogen and oxygen atoms in total. The summed E-state index contributed by atoms with van der Waals surface area (Å²) >= 11 is 1.66. The first-order chi connectivity index (χ1) is 8.70. The van der Waals surface area contributed by atoms with Gasteiger partial charge in [-0.25, -0.2) is 4.98 Å². The fourth-order valence-corrected chi connectivity index (χ4v) is 2.59. The zero-order chi connectivity index (χ0) is 13.0. The van der Waals surface area contributed by atoms with E-state index in [1.165, 1.54) is 4.88 Å². The molecule has 0 aliphatic carbocycles. The number of aromatic nitrogens is 1. The van der Waals surface area contributed by atoms with E-state index in [0.29, 0.717) is 6.54 Å². The molecule has 1 aromatic carbocycles. The molecule has 2 aromatic rings. The van der Waals surface area contributed by atoms with E-state index in [4.69, 9.17) is 0 Å². The molecule has 1 unspecified atom stereocenters. The van der Waals surface area contributed by atoms with Crippen LogP contribution in [0.3, 0.4) is 0 Å². The first kappa shape index (κ1) is 13.1. The molecule has 0 fully saturated rings. The molecule has 2 N–H and O–H groups in total. The second-order valence-electron chi connectivity index (χ2n) is 4.33. The molecule has 0 aliphatic heterocycles. The molecule has 0 aliphatic rings. The van der Waals surface area contributed by atoms with Crippen molar-refractivity contribution in [3.8, 4) is 0 Å². The number of anilines is 1. The minimum atomic E-state index is 0.107. The second-order valence-corrected chi connectivity index (χ2v) is 5.53. The van der Waals surface area contributed by atoms with Crippen LogP contribution in [-0.4, -0.2) is 23.2 Å². The van der Waals surface area contributed by atoms with Crippen molar-refractivity contribution >= 4 is 16.5 Å². The summed E-state index contributed by atoms with van der Waals surface area (Å²) in [6.07, 6.45) is 0. The van der Waals surface area contributed by atoms with Crippen LogP contribution in [0.2, 0.25) is 0 Å². The third-order valence-corrected chi connectivity index (χ3v) is 4.05. The third-order valence-electron chi connectivity index (χ3n) is 3.02. The lowest BCUT2D eigenvalue weighted by atomic mass is 10.0. The topological polar surface area (TPSA) is 45.2 Å². The Bertz CT molecular complexity index is 476. The maximum absolute atomic E-state index is 9.46. The van der Waals surface area contributed by atoms with E-state index < -0.39 is 0 Å². The fraction of sp³-hybridized carbons (Fsp3) is 0.357. The number of aliphatic hydroxyl groups is 1. The molecule has 0 bridgehead atoms. The third kappa shape index (κ3) is 3.09. The highest BCUT2D eigenvalue weighted by Gasteiger charge is 2.11. The lowest BCUT2D eigenvalue weighted by Crippen LogP contribution is -2.16. The summed E-state index contributed by atoms with van der Waals surface area (Å²) in [7, 11) is 0. The molecule has 1 heterocycles. The van der Waals surface area contributed by atoms with Gasteiger partial charge >= 0.3 is 0 Å². The largest absolute Gasteiger partial charge is 0.396 e. The molecule has 0 spiro atoms. The first-order valence-corrected chi connectivity index (χ1v) is 6.86. The van der Waals surface area contributed by atoms with Crippen molar-refractivity contribution in [1.29, 1.82) is 0 Å². The van der Waals surface area contributed by atoms with Gasteiger partial charge in [-0.2, -0.15) is 0 Å². The van der Waals surface area contributed by atoms with Crippen molar-refractivity contribution in [1.82, 2.24) is 4.98 Å². The average Bonchev–Trinajstić information content (AvgIpc) is 2.71. The van der Waals surface area contributed by atoms with Gasteiger partial charge in [0, 0.05) is 17.3 Å². The Hall–Kier alpha value is -1.39. The molecule has 0 amide bonds. The fourth-order valence-electron chi connectivity index (χ4n) is 1.77. The molecule has 96 valence electrons. The van der Waals surface area contributed by atoms with E-state index in [0.717, 1.165) is 16.4 Å². The van der Waals surface area contributed by atoms with E-state index in [1.807, 2.05) is 37.3 Å². The van der Waals surface area contributed by atoms with Crippen molar-refractivity contribution in [2.45, 2.75) is 19.8 Å². The molecule has 0 radical (unpaired) electrons. The van der Waals surface area contributed by atoms with Crippen molar-refractivity contribution in [3.05, 3.63) is 46.5 Å². The van der Waals surface area contributed by atoms with Gasteiger partial charge in [-0.1, -0.05) is 30.3 Å². The Balaban J connectivity index is 1.99. The Kier molecular flexibility index (Phi) is 4.33. The van der Waals surface area contributed by atoms with E-state index in [9.17, 15) is 5.11 Å². The summed E-state index contributed by atoms with van der Waals surface area (Å²) in [5.74, 6) is 0.107. The van der Waals surface area contributed by atoms with E-state index in [1.54, 1.807) is 11.3 Å². The van der Waals surface area contributed by atoms with E-state index >= 15 is 0 Å².